The molecular weight excluding hydrogens is 488 g/mol. The van der Waals surface area contributed by atoms with E-state index in [0.717, 1.165) is 11.8 Å². The van der Waals surface area contributed by atoms with Crippen molar-refractivity contribution in [1.82, 2.24) is 10.3 Å². The zero-order valence-electron chi connectivity index (χ0n) is 21.6. The van der Waals surface area contributed by atoms with Gasteiger partial charge in [-0.2, -0.15) is 5.26 Å². The number of benzene rings is 1. The van der Waals surface area contributed by atoms with E-state index < -0.39 is 22.9 Å². The third kappa shape index (κ3) is 6.93. The number of rotatable bonds is 7. The van der Waals surface area contributed by atoms with Gasteiger partial charge in [-0.05, 0) is 51.2 Å². The number of carbonyl (C=O) groups excluding carboxylic acids is 2. The average Bonchev–Trinajstić information content (AvgIpc) is 2.85. The Balaban J connectivity index is 1.91. The molecule has 9 nitrogen and oxygen atoms in total. The van der Waals surface area contributed by atoms with E-state index in [0.29, 0.717) is 65.6 Å². The number of nitriles is 1. The van der Waals surface area contributed by atoms with Gasteiger partial charge >= 0.3 is 6.09 Å². The molecule has 1 aliphatic heterocycles. The van der Waals surface area contributed by atoms with Gasteiger partial charge in [0.05, 0.1) is 12.1 Å². The lowest BCUT2D eigenvalue weighted by atomic mass is 10.0. The Hall–Kier alpha value is -3.76. The number of thioether (sulfide) groups is 1. The van der Waals surface area contributed by atoms with Crippen LogP contribution >= 0.6 is 11.8 Å². The minimum absolute atomic E-state index is 0.0577. The number of anilines is 1. The van der Waals surface area contributed by atoms with Crippen molar-refractivity contribution in [3.05, 3.63) is 58.4 Å². The number of nitrogens with zero attached hydrogens (tertiary/aromatic N) is 4. The molecule has 37 heavy (non-hydrogen) atoms. The van der Waals surface area contributed by atoms with E-state index in [9.17, 15) is 14.9 Å². The smallest absolute Gasteiger partial charge is 0.407 e. The van der Waals surface area contributed by atoms with E-state index in [2.05, 4.69) is 16.2 Å². The Labute approximate surface area is 222 Å². The Morgan fingerprint density at radius 3 is 2.49 bits per heavy atom. The summed E-state index contributed by atoms with van der Waals surface area (Å²) in [5, 5.41) is 12.5. The quantitative estimate of drug-likeness (QED) is 0.394. The Bertz CT molecular complexity index is 1220. The lowest BCUT2D eigenvalue weighted by Gasteiger charge is -2.34. The van der Waals surface area contributed by atoms with E-state index >= 15 is 0 Å². The second-order valence-corrected chi connectivity index (χ2v) is 10.8. The minimum Gasteiger partial charge on any atom is -0.444 e. The maximum Gasteiger partial charge on any atom is 0.407 e. The number of ether oxygens (including phenoxy) is 1. The van der Waals surface area contributed by atoms with Crippen LogP contribution in [0.4, 0.5) is 16.3 Å². The predicted molar refractivity (Wildman–Crippen MR) is 143 cm³/mol. The van der Waals surface area contributed by atoms with Crippen LogP contribution in [-0.4, -0.2) is 41.7 Å². The molecule has 0 bridgehead atoms. The SMILES string of the molecule is [C-]#[N+]c1c(N2CCC(NC(=O)OC(C)(C)C)CC2)nc(SC(C(N)=O)c2ccccc2)c(C#N)c1CC. The van der Waals surface area contributed by atoms with Crippen LogP contribution in [0.1, 0.15) is 62.5 Å². The molecule has 1 fully saturated rings. The summed E-state index contributed by atoms with van der Waals surface area (Å²) >= 11 is 1.13. The number of aromatic nitrogens is 1. The molecular formula is C27H32N6O3S. The first-order valence-corrected chi connectivity index (χ1v) is 13.1. The number of nitrogens with two attached hydrogens (primary N) is 1. The molecule has 0 spiro atoms. The number of piperidine rings is 1. The van der Waals surface area contributed by atoms with Crippen molar-refractivity contribution in [2.75, 3.05) is 18.0 Å². The molecule has 1 unspecified atom stereocenters. The molecule has 10 heteroatoms. The number of alkyl carbamates (subject to hydrolysis) is 1. The number of hydrogen-bond donors (Lipinski definition) is 2. The van der Waals surface area contributed by atoms with Crippen LogP contribution in [0.5, 0.6) is 0 Å². The van der Waals surface area contributed by atoms with Crippen molar-refractivity contribution in [1.29, 1.82) is 5.26 Å². The molecule has 1 saturated heterocycles. The summed E-state index contributed by atoms with van der Waals surface area (Å²) in [6.07, 6.45) is 1.31. The first kappa shape index (κ1) is 27.8. The van der Waals surface area contributed by atoms with Crippen LogP contribution < -0.4 is 16.0 Å². The monoisotopic (exact) mass is 520 g/mol. The highest BCUT2D eigenvalue weighted by atomic mass is 32.2. The molecule has 1 aromatic carbocycles. The largest absolute Gasteiger partial charge is 0.444 e. The molecule has 0 radical (unpaired) electrons. The van der Waals surface area contributed by atoms with Crippen LogP contribution in [0.2, 0.25) is 0 Å². The number of pyridine rings is 1. The van der Waals surface area contributed by atoms with Crippen LogP contribution in [-0.2, 0) is 16.0 Å². The topological polar surface area (TPSA) is 126 Å². The highest BCUT2D eigenvalue weighted by Crippen LogP contribution is 2.43. The summed E-state index contributed by atoms with van der Waals surface area (Å²) in [5.74, 6) is -0.0508. The van der Waals surface area contributed by atoms with Gasteiger partial charge < -0.3 is 20.7 Å². The summed E-state index contributed by atoms with van der Waals surface area (Å²) in [4.78, 5) is 35.1. The van der Waals surface area contributed by atoms with Gasteiger partial charge in [0.15, 0.2) is 0 Å². The van der Waals surface area contributed by atoms with Gasteiger partial charge in [-0.1, -0.05) is 49.0 Å². The molecule has 0 aliphatic carbocycles. The van der Waals surface area contributed by atoms with Crippen LogP contribution in [0.3, 0.4) is 0 Å². The Kier molecular flexibility index (Phi) is 9.01. The summed E-state index contributed by atoms with van der Waals surface area (Å²) in [5.41, 5.74) is 7.13. The lowest BCUT2D eigenvalue weighted by molar-refractivity contribution is -0.117. The third-order valence-corrected chi connectivity index (χ3v) is 7.16. The molecule has 3 N–H and O–H groups in total. The maximum absolute atomic E-state index is 12.4. The first-order valence-electron chi connectivity index (χ1n) is 12.2. The van der Waals surface area contributed by atoms with Crippen molar-refractivity contribution < 1.29 is 14.3 Å². The van der Waals surface area contributed by atoms with Gasteiger partial charge in [0.2, 0.25) is 11.6 Å². The molecule has 2 heterocycles. The Morgan fingerprint density at radius 2 is 1.97 bits per heavy atom. The standard InChI is InChI=1S/C27H32N6O3S/c1-6-19-20(16-28)25(37-22(23(29)34)17-10-8-7-9-11-17)32-24(21(19)30-5)33-14-12-18(13-15-33)31-26(35)36-27(2,3)4/h7-11,18,22H,6,12-15H2,1-4H3,(H2,29,34)(H,31,35). The number of primary amides is 1. The fourth-order valence-corrected chi connectivity index (χ4v) is 5.27. The van der Waals surface area contributed by atoms with Crippen LogP contribution in [0, 0.1) is 17.9 Å². The molecule has 1 aromatic heterocycles. The first-order chi connectivity index (χ1) is 17.6. The van der Waals surface area contributed by atoms with Gasteiger partial charge in [-0.25, -0.2) is 14.6 Å². The third-order valence-electron chi connectivity index (χ3n) is 5.90. The van der Waals surface area contributed by atoms with Crippen molar-refractivity contribution in [2.24, 2.45) is 5.73 Å². The van der Waals surface area contributed by atoms with E-state index in [-0.39, 0.29) is 6.04 Å². The van der Waals surface area contributed by atoms with Crippen molar-refractivity contribution >= 4 is 35.3 Å². The van der Waals surface area contributed by atoms with Crippen molar-refractivity contribution in [3.8, 4) is 6.07 Å². The lowest BCUT2D eigenvalue weighted by Crippen LogP contribution is -2.46. The second-order valence-electron chi connectivity index (χ2n) is 9.74. The Morgan fingerprint density at radius 1 is 1.32 bits per heavy atom. The number of carbonyl (C=O) groups is 2. The molecule has 0 saturated carbocycles. The normalized spacial score (nSPS) is 14.8. The van der Waals surface area contributed by atoms with Crippen LogP contribution in [0.15, 0.2) is 35.4 Å². The van der Waals surface area contributed by atoms with E-state index in [1.165, 1.54) is 0 Å². The number of nitrogens with one attached hydrogen (secondary N) is 1. The van der Waals surface area contributed by atoms with Gasteiger partial charge in [0.1, 0.15) is 27.8 Å². The van der Waals surface area contributed by atoms with Gasteiger partial charge in [-0.3, -0.25) is 4.79 Å². The highest BCUT2D eigenvalue weighted by Gasteiger charge is 2.30. The van der Waals surface area contributed by atoms with Gasteiger partial charge in [0, 0.05) is 19.1 Å². The maximum atomic E-state index is 12.4. The van der Waals surface area contributed by atoms with Crippen molar-refractivity contribution in [3.63, 3.8) is 0 Å². The van der Waals surface area contributed by atoms with Crippen molar-refractivity contribution in [2.45, 2.75) is 68.9 Å². The second kappa shape index (κ2) is 12.0. The van der Waals surface area contributed by atoms with E-state index in [4.69, 9.17) is 22.0 Å². The van der Waals surface area contributed by atoms with Gasteiger partial charge in [-0.15, -0.1) is 0 Å². The molecule has 2 aromatic rings. The number of hydrogen-bond acceptors (Lipinski definition) is 7. The molecule has 194 valence electrons. The zero-order chi connectivity index (χ0) is 27.2. The highest BCUT2D eigenvalue weighted by molar-refractivity contribution is 8.00. The number of amides is 2. The average molecular weight is 521 g/mol. The molecule has 1 atom stereocenters. The van der Waals surface area contributed by atoms with E-state index in [1.807, 2.05) is 62.9 Å². The molecule has 3 rings (SSSR count). The zero-order valence-corrected chi connectivity index (χ0v) is 22.4. The molecule has 2 amide bonds. The van der Waals surface area contributed by atoms with E-state index in [1.54, 1.807) is 0 Å². The fraction of sp³-hybridized carbons (Fsp3) is 0.444. The minimum atomic E-state index is -0.735. The fourth-order valence-electron chi connectivity index (χ4n) is 4.21. The van der Waals surface area contributed by atoms with Crippen LogP contribution in [0.25, 0.3) is 4.85 Å². The summed E-state index contributed by atoms with van der Waals surface area (Å²) in [7, 11) is 0. The summed E-state index contributed by atoms with van der Waals surface area (Å²) < 4.78 is 5.37. The van der Waals surface area contributed by atoms with Gasteiger partial charge in [0.25, 0.3) is 0 Å². The summed E-state index contributed by atoms with van der Waals surface area (Å²) in [6.45, 7) is 16.3. The summed E-state index contributed by atoms with van der Waals surface area (Å²) in [6, 6.07) is 11.3. The predicted octanol–water partition coefficient (Wildman–Crippen LogP) is 4.88. The molecule has 1 aliphatic rings.